The van der Waals surface area contributed by atoms with E-state index in [4.69, 9.17) is 5.26 Å². The predicted molar refractivity (Wildman–Crippen MR) is 35.4 cm³/mol. The number of aromatic nitrogens is 2. The molecule has 0 aliphatic rings. The molecule has 0 saturated carbocycles. The summed E-state index contributed by atoms with van der Waals surface area (Å²) in [6.45, 7) is 0. The second kappa shape index (κ2) is 2.40. The van der Waals surface area contributed by atoms with Crippen molar-refractivity contribution < 1.29 is 0 Å². The largest absolute Gasteiger partial charge is 0.291 e. The second-order valence-corrected chi connectivity index (χ2v) is 2.01. The highest BCUT2D eigenvalue weighted by molar-refractivity contribution is 5.05. The van der Waals surface area contributed by atoms with Crippen molar-refractivity contribution in [2.45, 2.75) is 6.42 Å². The Morgan fingerprint density at radius 1 is 1.90 bits per heavy atom. The number of nitrogens with one attached hydrogen (secondary N) is 1. The van der Waals surface area contributed by atoms with E-state index in [2.05, 4.69) is 5.10 Å². The van der Waals surface area contributed by atoms with Gasteiger partial charge < -0.3 is 0 Å². The van der Waals surface area contributed by atoms with E-state index in [0.717, 1.165) is 0 Å². The van der Waals surface area contributed by atoms with E-state index in [-0.39, 0.29) is 12.0 Å². The van der Waals surface area contributed by atoms with Crippen LogP contribution in [-0.2, 0) is 13.5 Å². The number of hydrogen-bond donors (Lipinski definition) is 1. The summed E-state index contributed by atoms with van der Waals surface area (Å²) < 4.78 is 1.55. The first-order valence-electron chi connectivity index (χ1n) is 2.86. The number of aromatic amines is 1. The number of nitrogens with zero attached hydrogens (tertiary/aromatic N) is 2. The minimum Gasteiger partial charge on any atom is -0.291 e. The Bertz CT molecular complexity index is 314. The fourth-order valence-corrected chi connectivity index (χ4v) is 0.768. The molecule has 0 bridgehead atoms. The third-order valence-corrected chi connectivity index (χ3v) is 1.27. The second-order valence-electron chi connectivity index (χ2n) is 2.01. The molecule has 4 heteroatoms. The van der Waals surface area contributed by atoms with E-state index < -0.39 is 0 Å². The maximum Gasteiger partial charge on any atom is 0.264 e. The van der Waals surface area contributed by atoms with Gasteiger partial charge in [-0.2, -0.15) is 5.26 Å². The van der Waals surface area contributed by atoms with Gasteiger partial charge in [-0.15, -0.1) is 0 Å². The zero-order valence-electron chi connectivity index (χ0n) is 5.59. The Hall–Kier alpha value is -1.50. The molecule has 0 fully saturated rings. The monoisotopic (exact) mass is 137 g/mol. The standard InChI is InChI=1S/C6H7N3O/c1-9-5(2-3-7)4-6(10)8-9/h4H,2H2,1H3,(H,8,10). The molecule has 52 valence electrons. The number of nitriles is 1. The molecule has 0 aliphatic carbocycles. The molecule has 10 heavy (non-hydrogen) atoms. The first-order valence-corrected chi connectivity index (χ1v) is 2.86. The fraction of sp³-hybridized carbons (Fsp3) is 0.333. The van der Waals surface area contributed by atoms with Crippen molar-refractivity contribution in [1.29, 1.82) is 5.26 Å². The molecular weight excluding hydrogens is 130 g/mol. The van der Waals surface area contributed by atoms with Crippen LogP contribution < -0.4 is 5.56 Å². The molecule has 4 nitrogen and oxygen atoms in total. The Labute approximate surface area is 57.7 Å². The lowest BCUT2D eigenvalue weighted by molar-refractivity contribution is 0.721. The quantitative estimate of drug-likeness (QED) is 0.581. The van der Waals surface area contributed by atoms with Gasteiger partial charge >= 0.3 is 0 Å². The molecule has 1 rings (SSSR count). The molecule has 1 aromatic heterocycles. The van der Waals surface area contributed by atoms with Crippen LogP contribution in [0.4, 0.5) is 0 Å². The zero-order chi connectivity index (χ0) is 7.56. The van der Waals surface area contributed by atoms with Gasteiger partial charge in [-0.1, -0.05) is 0 Å². The van der Waals surface area contributed by atoms with Crippen molar-refractivity contribution in [3.05, 3.63) is 22.1 Å². The van der Waals surface area contributed by atoms with Crippen LogP contribution in [0, 0.1) is 11.3 Å². The van der Waals surface area contributed by atoms with Gasteiger partial charge in [0.15, 0.2) is 0 Å². The lowest BCUT2D eigenvalue weighted by atomic mass is 10.3. The van der Waals surface area contributed by atoms with Gasteiger partial charge in [-0.3, -0.25) is 14.6 Å². The van der Waals surface area contributed by atoms with Crippen molar-refractivity contribution >= 4 is 0 Å². The number of H-pyrrole nitrogens is 1. The minimum atomic E-state index is -0.159. The third kappa shape index (κ3) is 1.08. The third-order valence-electron chi connectivity index (χ3n) is 1.27. The highest BCUT2D eigenvalue weighted by atomic mass is 16.1. The van der Waals surface area contributed by atoms with E-state index in [1.165, 1.54) is 6.07 Å². The minimum absolute atomic E-state index is 0.159. The van der Waals surface area contributed by atoms with Crippen molar-refractivity contribution in [3.8, 4) is 6.07 Å². The maximum absolute atomic E-state index is 10.6. The molecule has 0 aliphatic heterocycles. The van der Waals surface area contributed by atoms with Crippen LogP contribution in [-0.4, -0.2) is 9.78 Å². The molecule has 0 amide bonds. The SMILES string of the molecule is Cn1[nH]c(=O)cc1CC#N. The predicted octanol–water partition coefficient (Wildman–Crippen LogP) is -0.221. The molecule has 0 radical (unpaired) electrons. The molecule has 1 N–H and O–H groups in total. The van der Waals surface area contributed by atoms with Crippen LogP contribution in [0.3, 0.4) is 0 Å². The molecule has 0 unspecified atom stereocenters. The van der Waals surface area contributed by atoms with Crippen LogP contribution in [0.2, 0.25) is 0 Å². The van der Waals surface area contributed by atoms with E-state index in [9.17, 15) is 4.79 Å². The van der Waals surface area contributed by atoms with Crippen LogP contribution in [0.1, 0.15) is 5.69 Å². The van der Waals surface area contributed by atoms with Gasteiger partial charge in [0.25, 0.3) is 5.56 Å². The van der Waals surface area contributed by atoms with Gasteiger partial charge in [-0.25, -0.2) is 0 Å². The summed E-state index contributed by atoms with van der Waals surface area (Å²) in [5.41, 5.74) is 0.556. The molecule has 0 spiro atoms. The van der Waals surface area contributed by atoms with Gasteiger partial charge in [0, 0.05) is 13.1 Å². The van der Waals surface area contributed by atoms with Gasteiger partial charge in [0.1, 0.15) is 0 Å². The molecule has 0 aromatic carbocycles. The molecule has 0 saturated heterocycles. The van der Waals surface area contributed by atoms with Crippen molar-refractivity contribution in [2.24, 2.45) is 7.05 Å². The molecule has 1 aromatic rings. The van der Waals surface area contributed by atoms with Crippen LogP contribution in [0.15, 0.2) is 10.9 Å². The van der Waals surface area contributed by atoms with E-state index in [1.54, 1.807) is 11.7 Å². The normalized spacial score (nSPS) is 9.20. The topological polar surface area (TPSA) is 61.6 Å². The smallest absolute Gasteiger partial charge is 0.264 e. The molecule has 1 heterocycles. The average Bonchev–Trinajstić information content (AvgIpc) is 2.13. The summed E-state index contributed by atoms with van der Waals surface area (Å²) >= 11 is 0. The van der Waals surface area contributed by atoms with Crippen LogP contribution in [0.5, 0.6) is 0 Å². The van der Waals surface area contributed by atoms with Crippen molar-refractivity contribution in [1.82, 2.24) is 9.78 Å². The zero-order valence-corrected chi connectivity index (χ0v) is 5.59. The van der Waals surface area contributed by atoms with Crippen molar-refractivity contribution in [2.75, 3.05) is 0 Å². The Balaban J connectivity index is 3.06. The first-order chi connectivity index (χ1) is 4.74. The van der Waals surface area contributed by atoms with Crippen LogP contribution >= 0.6 is 0 Å². The number of rotatable bonds is 1. The van der Waals surface area contributed by atoms with E-state index in [1.807, 2.05) is 6.07 Å². The number of aryl methyl sites for hydroxylation is 1. The van der Waals surface area contributed by atoms with Gasteiger partial charge in [0.2, 0.25) is 0 Å². The fourth-order valence-electron chi connectivity index (χ4n) is 0.768. The molecular formula is C6H7N3O. The summed E-state index contributed by atoms with van der Waals surface area (Å²) in [6.07, 6.45) is 0.273. The summed E-state index contributed by atoms with van der Waals surface area (Å²) in [7, 11) is 1.70. The summed E-state index contributed by atoms with van der Waals surface area (Å²) in [6, 6.07) is 3.38. The maximum atomic E-state index is 10.6. The summed E-state index contributed by atoms with van der Waals surface area (Å²) in [5.74, 6) is 0. The van der Waals surface area contributed by atoms with Crippen molar-refractivity contribution in [3.63, 3.8) is 0 Å². The van der Waals surface area contributed by atoms with E-state index in [0.29, 0.717) is 5.69 Å². The summed E-state index contributed by atoms with van der Waals surface area (Å²) in [5, 5.41) is 10.8. The summed E-state index contributed by atoms with van der Waals surface area (Å²) in [4.78, 5) is 10.6. The lowest BCUT2D eigenvalue weighted by Crippen LogP contribution is -2.01. The highest BCUT2D eigenvalue weighted by Gasteiger charge is 1.97. The average molecular weight is 137 g/mol. The Morgan fingerprint density at radius 3 is 3.00 bits per heavy atom. The number of hydrogen-bond acceptors (Lipinski definition) is 2. The highest BCUT2D eigenvalue weighted by Crippen LogP contribution is 1.90. The van der Waals surface area contributed by atoms with Gasteiger partial charge in [0.05, 0.1) is 18.2 Å². The van der Waals surface area contributed by atoms with Gasteiger partial charge in [-0.05, 0) is 0 Å². The first kappa shape index (κ1) is 6.62. The van der Waals surface area contributed by atoms with Crippen LogP contribution in [0.25, 0.3) is 0 Å². The van der Waals surface area contributed by atoms with E-state index >= 15 is 0 Å². The Kier molecular flexibility index (Phi) is 1.59. The Morgan fingerprint density at radius 2 is 2.60 bits per heavy atom. The molecule has 0 atom stereocenters. The lowest BCUT2D eigenvalue weighted by Gasteiger charge is -1.92.